The Morgan fingerprint density at radius 1 is 1.42 bits per heavy atom. The van der Waals surface area contributed by atoms with E-state index in [0.717, 1.165) is 0 Å². The molecule has 0 spiro atoms. The second-order valence-corrected chi connectivity index (χ2v) is 5.25. The van der Waals surface area contributed by atoms with E-state index in [1.54, 1.807) is 0 Å². The SMILES string of the molecule is NNc1ccncc1S(=O)(=O)NCCc1ncon1. The van der Waals surface area contributed by atoms with E-state index >= 15 is 0 Å². The summed E-state index contributed by atoms with van der Waals surface area (Å²) in [5.41, 5.74) is 2.57. The van der Waals surface area contributed by atoms with Crippen LogP contribution in [0.3, 0.4) is 0 Å². The van der Waals surface area contributed by atoms with Gasteiger partial charge >= 0.3 is 0 Å². The van der Waals surface area contributed by atoms with Gasteiger partial charge in [-0.3, -0.25) is 10.8 Å². The van der Waals surface area contributed by atoms with Gasteiger partial charge in [-0.2, -0.15) is 4.98 Å². The number of nitrogens with one attached hydrogen (secondary N) is 2. The number of hydrazine groups is 1. The normalized spacial score (nSPS) is 11.4. The van der Waals surface area contributed by atoms with Crippen molar-refractivity contribution >= 4 is 15.7 Å². The highest BCUT2D eigenvalue weighted by Crippen LogP contribution is 2.17. The van der Waals surface area contributed by atoms with Crippen LogP contribution >= 0.6 is 0 Å². The molecule has 0 fully saturated rings. The molecule has 2 aromatic rings. The smallest absolute Gasteiger partial charge is 0.244 e. The van der Waals surface area contributed by atoms with Crippen molar-refractivity contribution in [2.75, 3.05) is 12.0 Å². The minimum atomic E-state index is -3.70. The van der Waals surface area contributed by atoms with Crippen LogP contribution in [0.1, 0.15) is 5.82 Å². The van der Waals surface area contributed by atoms with Gasteiger partial charge < -0.3 is 9.95 Å². The van der Waals surface area contributed by atoms with E-state index < -0.39 is 10.0 Å². The highest BCUT2D eigenvalue weighted by molar-refractivity contribution is 7.89. The zero-order valence-electron chi connectivity index (χ0n) is 9.78. The maximum Gasteiger partial charge on any atom is 0.244 e. The number of nitrogen functional groups attached to an aromatic ring is 1. The molecule has 0 aliphatic rings. The second-order valence-electron chi connectivity index (χ2n) is 3.51. The number of anilines is 1. The molecule has 2 heterocycles. The highest BCUT2D eigenvalue weighted by atomic mass is 32.2. The second kappa shape index (κ2) is 5.73. The lowest BCUT2D eigenvalue weighted by molar-refractivity contribution is 0.410. The fourth-order valence-corrected chi connectivity index (χ4v) is 2.53. The number of hydrogen-bond donors (Lipinski definition) is 3. The molecule has 0 bridgehead atoms. The van der Waals surface area contributed by atoms with Crippen LogP contribution in [0.5, 0.6) is 0 Å². The minimum Gasteiger partial charge on any atom is -0.343 e. The third kappa shape index (κ3) is 3.24. The van der Waals surface area contributed by atoms with E-state index in [0.29, 0.717) is 12.2 Å². The highest BCUT2D eigenvalue weighted by Gasteiger charge is 2.18. The summed E-state index contributed by atoms with van der Waals surface area (Å²) >= 11 is 0. The van der Waals surface area contributed by atoms with Crippen molar-refractivity contribution in [3.63, 3.8) is 0 Å². The molecular formula is C9H12N6O3S. The van der Waals surface area contributed by atoms with Gasteiger partial charge in [-0.15, -0.1) is 0 Å². The first kappa shape index (κ1) is 13.4. The average Bonchev–Trinajstić information content (AvgIpc) is 2.91. The Balaban J connectivity index is 2.05. The first-order chi connectivity index (χ1) is 9.13. The lowest BCUT2D eigenvalue weighted by Gasteiger charge is -2.09. The number of hydrogen-bond acceptors (Lipinski definition) is 8. The molecule has 0 aliphatic carbocycles. The standard InChI is InChI=1S/C9H12N6O3S/c10-14-7-1-3-11-5-8(7)19(16,17)13-4-2-9-12-6-18-15-9/h1,3,5-6,13H,2,4,10H2,(H,11,14). The van der Waals surface area contributed by atoms with Crippen LogP contribution in [0.2, 0.25) is 0 Å². The number of aromatic nitrogens is 3. The average molecular weight is 284 g/mol. The monoisotopic (exact) mass is 284 g/mol. The largest absolute Gasteiger partial charge is 0.343 e. The fraction of sp³-hybridized carbons (Fsp3) is 0.222. The molecule has 0 atom stereocenters. The topological polar surface area (TPSA) is 136 Å². The molecule has 10 heteroatoms. The van der Waals surface area contributed by atoms with Crippen LogP contribution in [-0.2, 0) is 16.4 Å². The number of nitrogens with two attached hydrogens (primary N) is 1. The Kier molecular flexibility index (Phi) is 4.04. The van der Waals surface area contributed by atoms with Gasteiger partial charge in [0.25, 0.3) is 0 Å². The summed E-state index contributed by atoms with van der Waals surface area (Å²) in [5.74, 6) is 5.67. The Labute approximate surface area is 109 Å². The zero-order valence-corrected chi connectivity index (χ0v) is 10.6. The lowest BCUT2D eigenvalue weighted by Crippen LogP contribution is -2.27. The van der Waals surface area contributed by atoms with Gasteiger partial charge in [-0.1, -0.05) is 5.16 Å². The van der Waals surface area contributed by atoms with Crippen molar-refractivity contribution < 1.29 is 12.9 Å². The zero-order chi connectivity index (χ0) is 13.7. The van der Waals surface area contributed by atoms with Crippen LogP contribution in [0.15, 0.2) is 34.3 Å². The van der Waals surface area contributed by atoms with E-state index in [1.807, 2.05) is 0 Å². The number of pyridine rings is 1. The molecule has 9 nitrogen and oxygen atoms in total. The Hall–Kier alpha value is -2.04. The molecule has 4 N–H and O–H groups in total. The van der Waals surface area contributed by atoms with Crippen LogP contribution in [0.4, 0.5) is 5.69 Å². The quantitative estimate of drug-likeness (QED) is 0.466. The summed E-state index contributed by atoms with van der Waals surface area (Å²) < 4.78 is 31.0. The molecule has 0 saturated carbocycles. The van der Waals surface area contributed by atoms with Crippen molar-refractivity contribution in [3.05, 3.63) is 30.7 Å². The fourth-order valence-electron chi connectivity index (χ4n) is 1.39. The maximum atomic E-state index is 12.0. The molecule has 0 radical (unpaired) electrons. The van der Waals surface area contributed by atoms with Crippen molar-refractivity contribution in [3.8, 4) is 0 Å². The Morgan fingerprint density at radius 3 is 2.95 bits per heavy atom. The molecule has 0 aliphatic heterocycles. The summed E-state index contributed by atoms with van der Waals surface area (Å²) in [4.78, 5) is 7.53. The van der Waals surface area contributed by atoms with Gasteiger partial charge in [0.05, 0.1) is 5.69 Å². The summed E-state index contributed by atoms with van der Waals surface area (Å²) in [6.45, 7) is 0.140. The number of rotatable bonds is 6. The molecule has 2 rings (SSSR count). The third-order valence-electron chi connectivity index (χ3n) is 2.28. The predicted molar refractivity (Wildman–Crippen MR) is 65.2 cm³/mol. The van der Waals surface area contributed by atoms with Crippen molar-refractivity contribution in [1.82, 2.24) is 19.8 Å². The molecule has 102 valence electrons. The summed E-state index contributed by atoms with van der Waals surface area (Å²) in [6.07, 6.45) is 4.15. The Bertz CT molecular complexity index is 627. The molecular weight excluding hydrogens is 272 g/mol. The summed E-state index contributed by atoms with van der Waals surface area (Å²) in [7, 11) is -3.70. The molecule has 19 heavy (non-hydrogen) atoms. The lowest BCUT2D eigenvalue weighted by atomic mass is 10.4. The van der Waals surface area contributed by atoms with Gasteiger partial charge in [0.2, 0.25) is 16.4 Å². The van der Waals surface area contributed by atoms with E-state index in [-0.39, 0.29) is 17.1 Å². The van der Waals surface area contributed by atoms with E-state index in [4.69, 9.17) is 5.84 Å². The van der Waals surface area contributed by atoms with E-state index in [2.05, 4.69) is 29.8 Å². The van der Waals surface area contributed by atoms with E-state index in [9.17, 15) is 8.42 Å². The third-order valence-corrected chi connectivity index (χ3v) is 3.77. The van der Waals surface area contributed by atoms with Gasteiger partial charge in [0.1, 0.15) is 4.90 Å². The number of nitrogens with zero attached hydrogens (tertiary/aromatic N) is 3. The van der Waals surface area contributed by atoms with Gasteiger partial charge in [-0.25, -0.2) is 13.1 Å². The summed E-state index contributed by atoms with van der Waals surface area (Å²) in [5, 5.41) is 3.58. The van der Waals surface area contributed by atoms with Crippen LogP contribution in [0.25, 0.3) is 0 Å². The van der Waals surface area contributed by atoms with Crippen molar-refractivity contribution in [1.29, 1.82) is 0 Å². The predicted octanol–water partition coefficient (Wildman–Crippen LogP) is -0.729. The molecule has 0 saturated heterocycles. The van der Waals surface area contributed by atoms with E-state index in [1.165, 1.54) is 24.9 Å². The molecule has 2 aromatic heterocycles. The maximum absolute atomic E-state index is 12.0. The minimum absolute atomic E-state index is 0.0226. The first-order valence-electron chi connectivity index (χ1n) is 5.29. The van der Waals surface area contributed by atoms with Crippen LogP contribution in [-0.4, -0.2) is 30.1 Å². The van der Waals surface area contributed by atoms with Gasteiger partial charge in [0.15, 0.2) is 5.82 Å². The summed E-state index contributed by atoms with van der Waals surface area (Å²) in [6, 6.07) is 1.47. The molecule has 0 amide bonds. The molecule has 0 unspecified atom stereocenters. The van der Waals surface area contributed by atoms with Gasteiger partial charge in [-0.05, 0) is 6.07 Å². The Morgan fingerprint density at radius 2 is 2.26 bits per heavy atom. The number of sulfonamides is 1. The first-order valence-corrected chi connectivity index (χ1v) is 6.77. The van der Waals surface area contributed by atoms with Crippen molar-refractivity contribution in [2.45, 2.75) is 11.3 Å². The van der Waals surface area contributed by atoms with Gasteiger partial charge in [0, 0.05) is 25.4 Å². The molecule has 0 aromatic carbocycles. The van der Waals surface area contributed by atoms with Crippen LogP contribution in [0, 0.1) is 0 Å². The van der Waals surface area contributed by atoms with Crippen LogP contribution < -0.4 is 16.0 Å². The van der Waals surface area contributed by atoms with Crippen molar-refractivity contribution in [2.24, 2.45) is 5.84 Å².